The molecule has 0 aliphatic carbocycles. The molecule has 0 fully saturated rings. The Balaban J connectivity index is 1.46. The number of anilines is 1. The van der Waals surface area contributed by atoms with Crippen LogP contribution in [-0.2, 0) is 16.1 Å². The van der Waals surface area contributed by atoms with Crippen LogP contribution in [0.5, 0.6) is 5.75 Å². The largest absolute Gasteiger partial charge is 0.497 e. The molecule has 7 nitrogen and oxygen atoms in total. The van der Waals surface area contributed by atoms with Gasteiger partial charge in [0, 0.05) is 36.5 Å². The lowest BCUT2D eigenvalue weighted by Crippen LogP contribution is -2.49. The molecule has 1 unspecified atom stereocenters. The average Bonchev–Trinajstić information content (AvgIpc) is 3.15. The fourth-order valence-electron chi connectivity index (χ4n) is 4.65. The first-order chi connectivity index (χ1) is 17.3. The summed E-state index contributed by atoms with van der Waals surface area (Å²) < 4.78 is 5.23. The number of benzene rings is 3. The van der Waals surface area contributed by atoms with Crippen LogP contribution < -0.4 is 15.0 Å². The molecule has 1 heterocycles. The smallest absolute Gasteiger partial charge is 0.258 e. The van der Waals surface area contributed by atoms with E-state index in [2.05, 4.69) is 5.32 Å². The van der Waals surface area contributed by atoms with Gasteiger partial charge in [-0.1, -0.05) is 36.4 Å². The van der Waals surface area contributed by atoms with Gasteiger partial charge in [-0.2, -0.15) is 0 Å². The molecule has 0 spiro atoms. The molecule has 0 bridgehead atoms. The Kier molecular flexibility index (Phi) is 7.58. The van der Waals surface area contributed by atoms with Crippen molar-refractivity contribution in [3.05, 3.63) is 71.8 Å². The van der Waals surface area contributed by atoms with Crippen molar-refractivity contribution in [2.45, 2.75) is 52.2 Å². The third-order valence-corrected chi connectivity index (χ3v) is 6.53. The summed E-state index contributed by atoms with van der Waals surface area (Å²) in [6, 6.07) is 18.5. The molecule has 0 aromatic heterocycles. The molecule has 188 valence electrons. The molecule has 0 saturated carbocycles. The van der Waals surface area contributed by atoms with E-state index in [9.17, 15) is 14.4 Å². The lowest BCUT2D eigenvalue weighted by molar-refractivity contribution is -0.140. The lowest BCUT2D eigenvalue weighted by Gasteiger charge is -2.30. The molecule has 3 aromatic carbocycles. The molecular weight excluding hydrogens is 454 g/mol. The number of methoxy groups -OCH3 is 1. The van der Waals surface area contributed by atoms with Crippen molar-refractivity contribution < 1.29 is 19.1 Å². The predicted molar refractivity (Wildman–Crippen MR) is 141 cm³/mol. The van der Waals surface area contributed by atoms with Crippen molar-refractivity contribution in [1.29, 1.82) is 0 Å². The zero-order valence-electron chi connectivity index (χ0n) is 21.3. The minimum absolute atomic E-state index is 0.0246. The molecule has 1 aliphatic heterocycles. The fraction of sp³-hybridized carbons (Fsp3) is 0.345. The van der Waals surface area contributed by atoms with E-state index in [1.807, 2.05) is 74.5 Å². The van der Waals surface area contributed by atoms with Gasteiger partial charge in [0.1, 0.15) is 11.8 Å². The van der Waals surface area contributed by atoms with Gasteiger partial charge in [-0.15, -0.1) is 0 Å². The number of hydrogen-bond acceptors (Lipinski definition) is 4. The minimum Gasteiger partial charge on any atom is -0.497 e. The lowest BCUT2D eigenvalue weighted by atomic mass is 10.1. The van der Waals surface area contributed by atoms with Crippen molar-refractivity contribution in [2.75, 3.05) is 18.6 Å². The first-order valence-corrected chi connectivity index (χ1v) is 12.4. The maximum Gasteiger partial charge on any atom is 0.258 e. The van der Waals surface area contributed by atoms with Crippen molar-refractivity contribution in [3.63, 3.8) is 0 Å². The zero-order valence-corrected chi connectivity index (χ0v) is 21.3. The Morgan fingerprint density at radius 2 is 1.69 bits per heavy atom. The summed E-state index contributed by atoms with van der Waals surface area (Å²) in [4.78, 5) is 42.6. The Labute approximate surface area is 212 Å². The van der Waals surface area contributed by atoms with E-state index >= 15 is 0 Å². The summed E-state index contributed by atoms with van der Waals surface area (Å²) in [5.41, 5.74) is 2.50. The SMILES string of the molecule is COc1ccc(CN(C(=O)CCCN2C(=O)c3cccc4cccc2c34)C(C)C(=O)NC(C)C)cc1. The number of hydrogen-bond donors (Lipinski definition) is 1. The first-order valence-electron chi connectivity index (χ1n) is 12.4. The van der Waals surface area contributed by atoms with Crippen molar-refractivity contribution >= 4 is 34.2 Å². The molecule has 0 saturated heterocycles. The van der Waals surface area contributed by atoms with Crippen molar-refractivity contribution in [1.82, 2.24) is 10.2 Å². The molecule has 3 amide bonds. The van der Waals surface area contributed by atoms with E-state index in [1.54, 1.807) is 23.8 Å². The highest BCUT2D eigenvalue weighted by Gasteiger charge is 2.30. The fourth-order valence-corrected chi connectivity index (χ4v) is 4.65. The second-order valence-electron chi connectivity index (χ2n) is 9.45. The first kappa shape index (κ1) is 25.2. The normalized spacial score (nSPS) is 13.2. The topological polar surface area (TPSA) is 79.0 Å². The second kappa shape index (κ2) is 10.8. The van der Waals surface area contributed by atoms with Crippen LogP contribution in [0.15, 0.2) is 60.7 Å². The Morgan fingerprint density at radius 3 is 2.36 bits per heavy atom. The van der Waals surface area contributed by atoms with Crippen LogP contribution in [-0.4, -0.2) is 48.4 Å². The standard InChI is InChI=1S/C29H33N3O4/c1-19(2)30-28(34)20(3)32(18-21-13-15-23(36-4)16-14-21)26(33)12-7-17-31-25-11-6-9-22-8-5-10-24(27(22)25)29(31)35/h5-6,8-11,13-16,19-20H,7,12,17-18H2,1-4H3,(H,30,34). The molecule has 4 rings (SSSR count). The molecule has 1 aliphatic rings. The van der Waals surface area contributed by atoms with Gasteiger partial charge >= 0.3 is 0 Å². The minimum atomic E-state index is -0.631. The quantitative estimate of drug-likeness (QED) is 0.456. The Hall–Kier alpha value is -3.87. The number of ether oxygens (including phenoxy) is 1. The van der Waals surface area contributed by atoms with E-state index < -0.39 is 6.04 Å². The average molecular weight is 488 g/mol. The molecule has 3 aromatic rings. The molecule has 7 heteroatoms. The summed E-state index contributed by atoms with van der Waals surface area (Å²) in [5, 5.41) is 4.91. The highest BCUT2D eigenvalue weighted by Crippen LogP contribution is 2.37. The molecule has 1 atom stereocenters. The van der Waals surface area contributed by atoms with E-state index in [0.29, 0.717) is 25.1 Å². The van der Waals surface area contributed by atoms with Crippen molar-refractivity contribution in [2.24, 2.45) is 0 Å². The van der Waals surface area contributed by atoms with Gasteiger partial charge in [-0.25, -0.2) is 0 Å². The van der Waals surface area contributed by atoms with Gasteiger partial charge in [-0.05, 0) is 62.4 Å². The Morgan fingerprint density at radius 1 is 1.00 bits per heavy atom. The van der Waals surface area contributed by atoms with Crippen LogP contribution in [0.2, 0.25) is 0 Å². The monoisotopic (exact) mass is 487 g/mol. The number of nitrogens with zero attached hydrogens (tertiary/aromatic N) is 2. The highest BCUT2D eigenvalue weighted by molar-refractivity contribution is 6.25. The summed E-state index contributed by atoms with van der Waals surface area (Å²) >= 11 is 0. The maximum absolute atomic E-state index is 13.4. The predicted octanol–water partition coefficient (Wildman–Crippen LogP) is 4.53. The number of carbonyl (C=O) groups is 3. The van der Waals surface area contributed by atoms with Crippen molar-refractivity contribution in [3.8, 4) is 5.75 Å². The third kappa shape index (κ3) is 5.20. The van der Waals surface area contributed by atoms with Crippen LogP contribution in [0.1, 0.15) is 49.5 Å². The molecule has 0 radical (unpaired) electrons. The molecule has 36 heavy (non-hydrogen) atoms. The summed E-state index contributed by atoms with van der Waals surface area (Å²) in [6.07, 6.45) is 0.720. The highest BCUT2D eigenvalue weighted by atomic mass is 16.5. The Bertz CT molecular complexity index is 1260. The van der Waals surface area contributed by atoms with Gasteiger partial charge in [0.05, 0.1) is 12.8 Å². The van der Waals surface area contributed by atoms with Gasteiger partial charge in [-0.3, -0.25) is 14.4 Å². The van der Waals surface area contributed by atoms with E-state index in [4.69, 9.17) is 4.74 Å². The third-order valence-electron chi connectivity index (χ3n) is 6.53. The van der Waals surface area contributed by atoms with Gasteiger partial charge in [0.25, 0.3) is 5.91 Å². The van der Waals surface area contributed by atoms with Gasteiger partial charge in [0.15, 0.2) is 0 Å². The van der Waals surface area contributed by atoms with E-state index in [1.165, 1.54) is 0 Å². The summed E-state index contributed by atoms with van der Waals surface area (Å²) in [6.45, 7) is 6.28. The van der Waals surface area contributed by atoms with Crippen LogP contribution >= 0.6 is 0 Å². The summed E-state index contributed by atoms with van der Waals surface area (Å²) in [5.74, 6) is 0.380. The maximum atomic E-state index is 13.4. The van der Waals surface area contributed by atoms with E-state index in [-0.39, 0.29) is 30.2 Å². The molecule has 1 N–H and O–H groups in total. The van der Waals surface area contributed by atoms with Crippen LogP contribution in [0.3, 0.4) is 0 Å². The van der Waals surface area contributed by atoms with Crippen LogP contribution in [0.25, 0.3) is 10.8 Å². The number of carbonyl (C=O) groups excluding carboxylic acids is 3. The van der Waals surface area contributed by atoms with Gasteiger partial charge < -0.3 is 19.9 Å². The zero-order chi connectivity index (χ0) is 25.8. The number of rotatable bonds is 10. The second-order valence-corrected chi connectivity index (χ2v) is 9.45. The van der Waals surface area contributed by atoms with E-state index in [0.717, 1.165) is 27.8 Å². The van der Waals surface area contributed by atoms with Gasteiger partial charge in [0.2, 0.25) is 11.8 Å². The molecular formula is C29H33N3O4. The number of nitrogens with one attached hydrogen (secondary N) is 1. The summed E-state index contributed by atoms with van der Waals surface area (Å²) in [7, 11) is 1.60. The van der Waals surface area contributed by atoms with Crippen LogP contribution in [0.4, 0.5) is 5.69 Å². The van der Waals surface area contributed by atoms with Crippen LogP contribution in [0, 0.1) is 0 Å². The number of amides is 3.